The second kappa shape index (κ2) is 9.23. The van der Waals surface area contributed by atoms with Gasteiger partial charge in [-0.3, -0.25) is 0 Å². The number of benzene rings is 2. The van der Waals surface area contributed by atoms with E-state index in [1.165, 1.54) is 16.8 Å². The number of ether oxygens (including phenoxy) is 1. The third-order valence-corrected chi connectivity index (χ3v) is 5.32. The summed E-state index contributed by atoms with van der Waals surface area (Å²) in [4.78, 5) is 8.91. The Bertz CT molecular complexity index is 1210. The molecule has 1 atom stereocenters. The highest BCUT2D eigenvalue weighted by atomic mass is 19.1. The van der Waals surface area contributed by atoms with Gasteiger partial charge in [0.2, 0.25) is 0 Å². The van der Waals surface area contributed by atoms with Crippen LogP contribution in [0.15, 0.2) is 61.1 Å². The molecule has 0 saturated heterocycles. The minimum Gasteiger partial charge on any atom is -0.497 e. The fraction of sp³-hybridized carbons (Fsp3) is 0.208. The molecule has 0 aliphatic rings. The molecule has 2 aromatic heterocycles. The van der Waals surface area contributed by atoms with Gasteiger partial charge in [0, 0.05) is 53.4 Å². The van der Waals surface area contributed by atoms with E-state index in [9.17, 15) is 8.78 Å². The second-order valence-electron chi connectivity index (χ2n) is 7.44. The molecule has 8 heteroatoms. The lowest BCUT2D eigenvalue weighted by Gasteiger charge is -2.14. The Labute approximate surface area is 184 Å². The van der Waals surface area contributed by atoms with Crippen LogP contribution in [-0.4, -0.2) is 26.9 Å². The maximum atomic E-state index is 14.2. The summed E-state index contributed by atoms with van der Waals surface area (Å²) in [5, 5.41) is 7.71. The van der Waals surface area contributed by atoms with Gasteiger partial charge in [0.25, 0.3) is 0 Å². The van der Waals surface area contributed by atoms with Gasteiger partial charge >= 0.3 is 0 Å². The van der Waals surface area contributed by atoms with Gasteiger partial charge < -0.3 is 10.1 Å². The van der Waals surface area contributed by atoms with Crippen molar-refractivity contribution >= 4 is 0 Å². The van der Waals surface area contributed by atoms with E-state index in [4.69, 9.17) is 4.74 Å². The van der Waals surface area contributed by atoms with Gasteiger partial charge in [-0.15, -0.1) is 0 Å². The number of halogens is 2. The van der Waals surface area contributed by atoms with E-state index in [1.807, 2.05) is 38.1 Å². The third kappa shape index (κ3) is 4.50. The van der Waals surface area contributed by atoms with Crippen LogP contribution in [0.5, 0.6) is 5.75 Å². The Hall–Kier alpha value is -3.65. The third-order valence-electron chi connectivity index (χ3n) is 5.32. The predicted molar refractivity (Wildman–Crippen MR) is 117 cm³/mol. The van der Waals surface area contributed by atoms with Gasteiger partial charge in [0.05, 0.1) is 13.3 Å². The van der Waals surface area contributed by atoms with Gasteiger partial charge in [-0.25, -0.2) is 23.4 Å². The number of hydrogen-bond donors (Lipinski definition) is 1. The molecule has 4 aromatic rings. The van der Waals surface area contributed by atoms with Crippen molar-refractivity contribution in [3.8, 4) is 22.8 Å². The summed E-state index contributed by atoms with van der Waals surface area (Å²) >= 11 is 0. The van der Waals surface area contributed by atoms with Crippen molar-refractivity contribution in [2.75, 3.05) is 7.11 Å². The molecule has 0 saturated carbocycles. The summed E-state index contributed by atoms with van der Waals surface area (Å²) in [5.41, 5.74) is 3.76. The zero-order valence-corrected chi connectivity index (χ0v) is 18.0. The zero-order valence-electron chi connectivity index (χ0n) is 18.0. The lowest BCUT2D eigenvalue weighted by atomic mass is 10.1. The van der Waals surface area contributed by atoms with E-state index in [1.54, 1.807) is 25.7 Å². The lowest BCUT2D eigenvalue weighted by Crippen LogP contribution is -2.19. The normalized spacial score (nSPS) is 12.0. The summed E-state index contributed by atoms with van der Waals surface area (Å²) < 4.78 is 34.0. The molecule has 0 spiro atoms. The van der Waals surface area contributed by atoms with E-state index in [0.29, 0.717) is 12.4 Å². The molecule has 0 aliphatic carbocycles. The van der Waals surface area contributed by atoms with Crippen molar-refractivity contribution in [1.29, 1.82) is 0 Å². The molecule has 4 rings (SSSR count). The number of methoxy groups -OCH3 is 1. The molecule has 0 aliphatic heterocycles. The topological polar surface area (TPSA) is 64.9 Å². The summed E-state index contributed by atoms with van der Waals surface area (Å²) in [6.07, 6.45) is 5.27. The van der Waals surface area contributed by atoms with Crippen molar-refractivity contribution in [2.45, 2.75) is 26.4 Å². The summed E-state index contributed by atoms with van der Waals surface area (Å²) in [6.45, 7) is 4.41. The van der Waals surface area contributed by atoms with E-state index in [2.05, 4.69) is 20.4 Å². The van der Waals surface area contributed by atoms with Crippen LogP contribution in [0.4, 0.5) is 8.78 Å². The van der Waals surface area contributed by atoms with Gasteiger partial charge in [0.1, 0.15) is 17.3 Å². The lowest BCUT2D eigenvalue weighted by molar-refractivity contribution is 0.415. The predicted octanol–water partition coefficient (Wildman–Crippen LogP) is 4.78. The second-order valence-corrected chi connectivity index (χ2v) is 7.44. The van der Waals surface area contributed by atoms with Crippen molar-refractivity contribution < 1.29 is 13.5 Å². The highest BCUT2D eigenvalue weighted by Crippen LogP contribution is 2.23. The minimum atomic E-state index is -0.655. The van der Waals surface area contributed by atoms with Crippen molar-refractivity contribution in [3.05, 3.63) is 89.5 Å². The Morgan fingerprint density at radius 1 is 1.03 bits per heavy atom. The molecule has 6 nitrogen and oxygen atoms in total. The smallest absolute Gasteiger partial charge is 0.159 e. The van der Waals surface area contributed by atoms with Crippen LogP contribution in [0.3, 0.4) is 0 Å². The average molecular weight is 435 g/mol. The highest BCUT2D eigenvalue weighted by Gasteiger charge is 2.16. The fourth-order valence-corrected chi connectivity index (χ4v) is 3.46. The van der Waals surface area contributed by atoms with Gasteiger partial charge in [0.15, 0.2) is 11.6 Å². The van der Waals surface area contributed by atoms with E-state index >= 15 is 0 Å². The molecule has 1 unspecified atom stereocenters. The number of aromatic nitrogens is 4. The molecular weight excluding hydrogens is 412 g/mol. The SMILES string of the molecule is COc1ccc(-c2ncc(CNC(C)c3cnn(-c4ccc(F)cc4F)c3C)cn2)cc1. The number of nitrogens with one attached hydrogen (secondary N) is 1. The molecule has 0 amide bonds. The van der Waals surface area contributed by atoms with Gasteiger partial charge in [-0.2, -0.15) is 5.10 Å². The van der Waals surface area contributed by atoms with Crippen LogP contribution in [0, 0.1) is 18.6 Å². The molecule has 2 heterocycles. The van der Waals surface area contributed by atoms with Gasteiger partial charge in [-0.05, 0) is 50.2 Å². The first kappa shape index (κ1) is 21.6. The first-order valence-corrected chi connectivity index (χ1v) is 10.1. The van der Waals surface area contributed by atoms with E-state index in [-0.39, 0.29) is 11.7 Å². The molecule has 164 valence electrons. The summed E-state index contributed by atoms with van der Waals surface area (Å²) in [7, 11) is 1.63. The van der Waals surface area contributed by atoms with Crippen molar-refractivity contribution in [2.24, 2.45) is 0 Å². The maximum absolute atomic E-state index is 14.2. The monoisotopic (exact) mass is 435 g/mol. The van der Waals surface area contributed by atoms with Crippen LogP contribution < -0.4 is 10.1 Å². The highest BCUT2D eigenvalue weighted by molar-refractivity contribution is 5.55. The average Bonchev–Trinajstić information content (AvgIpc) is 3.19. The Balaban J connectivity index is 1.42. The van der Waals surface area contributed by atoms with Crippen LogP contribution in [0.25, 0.3) is 17.1 Å². The molecular formula is C24H23F2N5O. The van der Waals surface area contributed by atoms with Crippen LogP contribution in [0.2, 0.25) is 0 Å². The van der Waals surface area contributed by atoms with Crippen LogP contribution >= 0.6 is 0 Å². The molecule has 0 radical (unpaired) electrons. The fourth-order valence-electron chi connectivity index (χ4n) is 3.46. The first-order valence-electron chi connectivity index (χ1n) is 10.1. The summed E-state index contributed by atoms with van der Waals surface area (Å²) in [6, 6.07) is 11.0. The molecule has 0 fully saturated rings. The molecule has 32 heavy (non-hydrogen) atoms. The largest absolute Gasteiger partial charge is 0.497 e. The first-order chi connectivity index (χ1) is 15.5. The van der Waals surface area contributed by atoms with Gasteiger partial charge in [-0.1, -0.05) is 0 Å². The Morgan fingerprint density at radius 2 is 1.75 bits per heavy atom. The van der Waals surface area contributed by atoms with Crippen LogP contribution in [0.1, 0.15) is 29.8 Å². The number of nitrogens with zero attached hydrogens (tertiary/aromatic N) is 4. The number of hydrogen-bond acceptors (Lipinski definition) is 5. The van der Waals surface area contributed by atoms with Crippen LogP contribution in [-0.2, 0) is 6.54 Å². The van der Waals surface area contributed by atoms with E-state index in [0.717, 1.165) is 34.2 Å². The molecule has 1 N–H and O–H groups in total. The Morgan fingerprint density at radius 3 is 2.41 bits per heavy atom. The zero-order chi connectivity index (χ0) is 22.7. The quantitative estimate of drug-likeness (QED) is 0.453. The maximum Gasteiger partial charge on any atom is 0.159 e. The van der Waals surface area contributed by atoms with Crippen molar-refractivity contribution in [3.63, 3.8) is 0 Å². The van der Waals surface area contributed by atoms with Crippen molar-refractivity contribution in [1.82, 2.24) is 25.1 Å². The molecule has 0 bridgehead atoms. The molecule has 2 aromatic carbocycles. The minimum absolute atomic E-state index is 0.0477. The number of rotatable bonds is 7. The summed E-state index contributed by atoms with van der Waals surface area (Å²) in [5.74, 6) is 0.149. The van der Waals surface area contributed by atoms with E-state index < -0.39 is 11.6 Å². The standard InChI is InChI=1S/C24H23F2N5O/c1-15(21-14-30-31(16(21)2)23-9-6-19(25)10-22(23)26)27-11-17-12-28-24(29-13-17)18-4-7-20(32-3)8-5-18/h4-10,12-15,27H,11H2,1-3H3. The Kier molecular flexibility index (Phi) is 6.23.